The minimum atomic E-state index is -1.08. The molecule has 0 radical (unpaired) electrons. The van der Waals surface area contributed by atoms with E-state index in [1.807, 2.05) is 47.8 Å². The maximum absolute atomic E-state index is 13.1. The highest BCUT2D eigenvalue weighted by Gasteiger charge is 2.49. The SMILES string of the molecule is C[C@@]1(c2cccc(Br)c2)NC(=O)N(Cc2csc(Cc3ccccc3)n2)C1=O. The number of carbonyl (C=O) groups is 2. The van der Waals surface area contributed by atoms with Crippen molar-refractivity contribution in [3.05, 3.63) is 86.3 Å². The van der Waals surface area contributed by atoms with Gasteiger partial charge >= 0.3 is 6.03 Å². The molecule has 0 aliphatic carbocycles. The molecule has 3 aromatic rings. The van der Waals surface area contributed by atoms with Gasteiger partial charge in [0.15, 0.2) is 0 Å². The zero-order chi connectivity index (χ0) is 19.7. The molecule has 0 bridgehead atoms. The molecule has 1 atom stereocenters. The zero-order valence-corrected chi connectivity index (χ0v) is 17.6. The number of carbonyl (C=O) groups excluding carboxylic acids is 2. The topological polar surface area (TPSA) is 62.3 Å². The summed E-state index contributed by atoms with van der Waals surface area (Å²) in [6.07, 6.45) is 0.738. The predicted octanol–water partition coefficient (Wildman–Crippen LogP) is 4.46. The van der Waals surface area contributed by atoms with Crippen LogP contribution in [0.25, 0.3) is 0 Å². The van der Waals surface area contributed by atoms with E-state index in [2.05, 4.69) is 38.4 Å². The van der Waals surface area contributed by atoms with Gasteiger partial charge < -0.3 is 5.32 Å². The van der Waals surface area contributed by atoms with Crippen molar-refractivity contribution in [1.29, 1.82) is 0 Å². The second-order valence-electron chi connectivity index (χ2n) is 6.85. The van der Waals surface area contributed by atoms with Gasteiger partial charge in [-0.2, -0.15) is 0 Å². The number of nitrogens with zero attached hydrogens (tertiary/aromatic N) is 2. The summed E-state index contributed by atoms with van der Waals surface area (Å²) in [6, 6.07) is 17.1. The molecule has 2 aromatic carbocycles. The number of urea groups is 1. The largest absolute Gasteiger partial charge is 0.325 e. The molecule has 142 valence electrons. The molecule has 1 fully saturated rings. The number of aromatic nitrogens is 1. The number of nitrogens with one attached hydrogen (secondary N) is 1. The number of rotatable bonds is 5. The van der Waals surface area contributed by atoms with Gasteiger partial charge in [0, 0.05) is 16.3 Å². The number of thiazole rings is 1. The molecule has 2 heterocycles. The van der Waals surface area contributed by atoms with Gasteiger partial charge in [-0.1, -0.05) is 58.4 Å². The average Bonchev–Trinajstić information content (AvgIpc) is 3.21. The lowest BCUT2D eigenvalue weighted by atomic mass is 9.92. The first-order chi connectivity index (χ1) is 13.5. The third kappa shape index (κ3) is 3.59. The summed E-state index contributed by atoms with van der Waals surface area (Å²) in [6.45, 7) is 1.90. The van der Waals surface area contributed by atoms with Crippen LogP contribution in [-0.2, 0) is 23.3 Å². The first-order valence-corrected chi connectivity index (χ1v) is 10.5. The van der Waals surface area contributed by atoms with Crippen LogP contribution >= 0.6 is 27.3 Å². The number of hydrogen-bond donors (Lipinski definition) is 1. The Morgan fingerprint density at radius 1 is 1.14 bits per heavy atom. The Balaban J connectivity index is 1.51. The van der Waals surface area contributed by atoms with Crippen LogP contribution in [0, 0.1) is 0 Å². The van der Waals surface area contributed by atoms with Crippen molar-refractivity contribution >= 4 is 39.2 Å². The number of amides is 3. The molecule has 1 aliphatic heterocycles. The molecule has 3 amide bonds. The first-order valence-electron chi connectivity index (χ1n) is 8.83. The van der Waals surface area contributed by atoms with Crippen LogP contribution in [0.5, 0.6) is 0 Å². The van der Waals surface area contributed by atoms with E-state index in [1.165, 1.54) is 10.5 Å². The molecule has 4 rings (SSSR count). The van der Waals surface area contributed by atoms with Crippen molar-refractivity contribution < 1.29 is 9.59 Å². The van der Waals surface area contributed by atoms with Gasteiger partial charge in [0.2, 0.25) is 0 Å². The Morgan fingerprint density at radius 3 is 2.68 bits per heavy atom. The average molecular weight is 456 g/mol. The molecule has 1 aliphatic rings. The summed E-state index contributed by atoms with van der Waals surface area (Å²) < 4.78 is 0.858. The molecule has 1 aromatic heterocycles. The summed E-state index contributed by atoms with van der Waals surface area (Å²) in [5.41, 5.74) is 1.56. The second-order valence-corrected chi connectivity index (χ2v) is 8.71. The second kappa shape index (κ2) is 7.48. The normalized spacial score (nSPS) is 19.1. The minimum Gasteiger partial charge on any atom is -0.319 e. The standard InChI is InChI=1S/C21H18BrN3O2S/c1-21(15-8-5-9-16(22)11-15)19(26)25(20(27)24-21)12-17-13-28-18(23-17)10-14-6-3-2-4-7-14/h2-9,11,13H,10,12H2,1H3,(H,24,27)/t21-/m0/s1. The lowest BCUT2D eigenvalue weighted by Crippen LogP contribution is -2.40. The fraction of sp³-hybridized carbons (Fsp3) is 0.190. The van der Waals surface area contributed by atoms with Crippen molar-refractivity contribution in [2.24, 2.45) is 0 Å². The Labute approximate surface area is 175 Å². The molecular formula is C21H18BrN3O2S. The highest BCUT2D eigenvalue weighted by Crippen LogP contribution is 2.31. The van der Waals surface area contributed by atoms with Gasteiger partial charge in [0.1, 0.15) is 5.54 Å². The van der Waals surface area contributed by atoms with Crippen LogP contribution in [0.4, 0.5) is 4.79 Å². The van der Waals surface area contributed by atoms with Crippen molar-refractivity contribution in [1.82, 2.24) is 15.2 Å². The van der Waals surface area contributed by atoms with Crippen molar-refractivity contribution in [3.63, 3.8) is 0 Å². The summed E-state index contributed by atoms with van der Waals surface area (Å²) in [7, 11) is 0. The number of halogens is 1. The molecule has 0 saturated carbocycles. The molecule has 7 heteroatoms. The molecular weight excluding hydrogens is 438 g/mol. The van der Waals surface area contributed by atoms with E-state index in [0.717, 1.165) is 27.2 Å². The highest BCUT2D eigenvalue weighted by atomic mass is 79.9. The Kier molecular flexibility index (Phi) is 5.03. The fourth-order valence-electron chi connectivity index (χ4n) is 3.27. The maximum Gasteiger partial charge on any atom is 0.325 e. The van der Waals surface area contributed by atoms with E-state index in [0.29, 0.717) is 0 Å². The van der Waals surface area contributed by atoms with Gasteiger partial charge in [-0.3, -0.25) is 9.69 Å². The Morgan fingerprint density at radius 2 is 1.93 bits per heavy atom. The molecule has 1 saturated heterocycles. The lowest BCUT2D eigenvalue weighted by Gasteiger charge is -2.22. The number of benzene rings is 2. The summed E-state index contributed by atoms with van der Waals surface area (Å²) >= 11 is 4.96. The Bertz CT molecular complexity index is 1040. The number of imide groups is 1. The van der Waals surface area contributed by atoms with Crippen LogP contribution in [-0.4, -0.2) is 21.8 Å². The van der Waals surface area contributed by atoms with Crippen molar-refractivity contribution in [3.8, 4) is 0 Å². The van der Waals surface area contributed by atoms with Gasteiger partial charge in [-0.25, -0.2) is 9.78 Å². The van der Waals surface area contributed by atoms with Crippen LogP contribution in [0.1, 0.15) is 28.8 Å². The van der Waals surface area contributed by atoms with E-state index >= 15 is 0 Å². The summed E-state index contributed by atoms with van der Waals surface area (Å²) in [5.74, 6) is -0.270. The van der Waals surface area contributed by atoms with Crippen molar-refractivity contribution in [2.45, 2.75) is 25.4 Å². The van der Waals surface area contributed by atoms with Crippen molar-refractivity contribution in [2.75, 3.05) is 0 Å². The smallest absolute Gasteiger partial charge is 0.319 e. The molecule has 28 heavy (non-hydrogen) atoms. The van der Waals surface area contributed by atoms with Gasteiger partial charge in [0.25, 0.3) is 5.91 Å². The van der Waals surface area contributed by atoms with Gasteiger partial charge in [0.05, 0.1) is 17.2 Å². The summed E-state index contributed by atoms with van der Waals surface area (Å²) in [5, 5.41) is 5.70. The quantitative estimate of drug-likeness (QED) is 0.577. The monoisotopic (exact) mass is 455 g/mol. The highest BCUT2D eigenvalue weighted by molar-refractivity contribution is 9.10. The van der Waals surface area contributed by atoms with E-state index in [9.17, 15) is 9.59 Å². The molecule has 5 nitrogen and oxygen atoms in total. The van der Waals surface area contributed by atoms with E-state index in [-0.39, 0.29) is 12.5 Å². The van der Waals surface area contributed by atoms with Crippen LogP contribution in [0.3, 0.4) is 0 Å². The van der Waals surface area contributed by atoms with E-state index < -0.39 is 11.6 Å². The molecule has 1 N–H and O–H groups in total. The third-order valence-corrected chi connectivity index (χ3v) is 6.19. The maximum atomic E-state index is 13.1. The predicted molar refractivity (Wildman–Crippen MR) is 112 cm³/mol. The van der Waals surface area contributed by atoms with E-state index in [1.54, 1.807) is 18.3 Å². The lowest BCUT2D eigenvalue weighted by molar-refractivity contribution is -0.131. The fourth-order valence-corrected chi connectivity index (χ4v) is 4.49. The van der Waals surface area contributed by atoms with E-state index in [4.69, 9.17) is 0 Å². The number of hydrogen-bond acceptors (Lipinski definition) is 4. The van der Waals surface area contributed by atoms with Crippen LogP contribution in [0.15, 0.2) is 64.5 Å². The van der Waals surface area contributed by atoms with Crippen LogP contribution < -0.4 is 5.32 Å². The Hall–Kier alpha value is -2.51. The van der Waals surface area contributed by atoms with Gasteiger partial charge in [-0.15, -0.1) is 11.3 Å². The third-order valence-electron chi connectivity index (χ3n) is 4.79. The summed E-state index contributed by atoms with van der Waals surface area (Å²) in [4.78, 5) is 31.4. The van der Waals surface area contributed by atoms with Gasteiger partial charge in [-0.05, 0) is 30.2 Å². The minimum absolute atomic E-state index is 0.166. The van der Waals surface area contributed by atoms with Crippen LogP contribution in [0.2, 0.25) is 0 Å². The molecule has 0 unspecified atom stereocenters. The molecule has 0 spiro atoms. The zero-order valence-electron chi connectivity index (χ0n) is 15.2. The first kappa shape index (κ1) is 18.8.